The Hall–Kier alpha value is -1.98. The lowest BCUT2D eigenvalue weighted by Gasteiger charge is -2.28. The summed E-state index contributed by atoms with van der Waals surface area (Å²) < 4.78 is 0. The van der Waals surface area contributed by atoms with E-state index in [1.54, 1.807) is 42.8 Å². The Kier molecular flexibility index (Phi) is 8.20. The third-order valence-electron chi connectivity index (χ3n) is 4.29. The van der Waals surface area contributed by atoms with Gasteiger partial charge in [0.1, 0.15) is 6.04 Å². The van der Waals surface area contributed by atoms with Crippen LogP contribution >= 0.6 is 23.4 Å². The molecule has 0 aliphatic heterocycles. The van der Waals surface area contributed by atoms with Crippen molar-refractivity contribution < 1.29 is 9.59 Å². The summed E-state index contributed by atoms with van der Waals surface area (Å²) in [5.74, 6) is 0.844. The molecule has 144 valence electrons. The molecule has 27 heavy (non-hydrogen) atoms. The van der Waals surface area contributed by atoms with Gasteiger partial charge in [-0.05, 0) is 37.1 Å². The number of carbonyl (C=O) groups excluding carboxylic acids is 2. The van der Waals surface area contributed by atoms with Gasteiger partial charge in [-0.1, -0.05) is 53.6 Å². The Morgan fingerprint density at radius 3 is 2.26 bits per heavy atom. The quantitative estimate of drug-likeness (QED) is 0.722. The van der Waals surface area contributed by atoms with E-state index in [4.69, 9.17) is 11.6 Å². The zero-order valence-electron chi connectivity index (χ0n) is 15.9. The number of hydrogen-bond acceptors (Lipinski definition) is 3. The number of thioether (sulfide) groups is 1. The van der Waals surface area contributed by atoms with Crippen LogP contribution in [0.25, 0.3) is 0 Å². The number of likely N-dealkylation sites (N-methyl/N-ethyl adjacent to an activating group) is 1. The van der Waals surface area contributed by atoms with Crippen molar-refractivity contribution in [3.05, 3.63) is 70.2 Å². The molecule has 0 heterocycles. The molecule has 0 aliphatic carbocycles. The number of aryl methyl sites for hydroxylation is 1. The highest BCUT2D eigenvalue weighted by atomic mass is 35.5. The van der Waals surface area contributed by atoms with Gasteiger partial charge in [0, 0.05) is 24.4 Å². The predicted molar refractivity (Wildman–Crippen MR) is 113 cm³/mol. The van der Waals surface area contributed by atoms with Crippen LogP contribution < -0.4 is 5.32 Å². The van der Waals surface area contributed by atoms with Crippen LogP contribution in [0.2, 0.25) is 5.02 Å². The molecule has 2 aromatic carbocycles. The molecule has 0 bridgehead atoms. The van der Waals surface area contributed by atoms with Gasteiger partial charge in [0.05, 0.1) is 5.75 Å². The van der Waals surface area contributed by atoms with Crippen molar-refractivity contribution in [3.8, 4) is 0 Å². The van der Waals surface area contributed by atoms with Crippen LogP contribution in [0, 0.1) is 6.92 Å². The third-order valence-corrected chi connectivity index (χ3v) is 5.54. The monoisotopic (exact) mass is 404 g/mol. The zero-order valence-corrected chi connectivity index (χ0v) is 17.4. The summed E-state index contributed by atoms with van der Waals surface area (Å²) in [4.78, 5) is 26.5. The van der Waals surface area contributed by atoms with Crippen molar-refractivity contribution in [1.82, 2.24) is 10.2 Å². The molecule has 0 saturated carbocycles. The molecule has 0 fully saturated rings. The maximum Gasteiger partial charge on any atom is 0.242 e. The van der Waals surface area contributed by atoms with Gasteiger partial charge in [-0.2, -0.15) is 0 Å². The van der Waals surface area contributed by atoms with E-state index in [1.807, 2.05) is 12.1 Å². The second-order valence-electron chi connectivity index (χ2n) is 6.42. The highest BCUT2D eigenvalue weighted by Crippen LogP contribution is 2.17. The molecular formula is C21H25ClN2O2S. The van der Waals surface area contributed by atoms with Crippen molar-refractivity contribution in [1.29, 1.82) is 0 Å². The number of nitrogens with one attached hydrogen (secondary N) is 1. The van der Waals surface area contributed by atoms with Crippen LogP contribution in [-0.4, -0.2) is 35.6 Å². The van der Waals surface area contributed by atoms with Gasteiger partial charge in [0.2, 0.25) is 11.8 Å². The average molecular weight is 405 g/mol. The average Bonchev–Trinajstić information content (AvgIpc) is 2.67. The van der Waals surface area contributed by atoms with Gasteiger partial charge >= 0.3 is 0 Å². The molecule has 0 aromatic heterocycles. The fourth-order valence-corrected chi connectivity index (χ4v) is 3.60. The van der Waals surface area contributed by atoms with Gasteiger partial charge in [-0.3, -0.25) is 9.59 Å². The molecule has 0 saturated heterocycles. The second-order valence-corrected chi connectivity index (χ2v) is 7.84. The number of halogens is 1. The van der Waals surface area contributed by atoms with Gasteiger partial charge < -0.3 is 10.2 Å². The number of benzene rings is 2. The highest BCUT2D eigenvalue weighted by Gasteiger charge is 2.25. The van der Waals surface area contributed by atoms with Crippen molar-refractivity contribution >= 4 is 35.2 Å². The molecule has 1 atom stereocenters. The van der Waals surface area contributed by atoms with Crippen molar-refractivity contribution in [2.75, 3.05) is 12.8 Å². The number of hydrogen-bond donors (Lipinski definition) is 1. The lowest BCUT2D eigenvalue weighted by molar-refractivity contribution is -0.138. The Labute approximate surface area is 170 Å². The van der Waals surface area contributed by atoms with Crippen LogP contribution in [0.4, 0.5) is 0 Å². The lowest BCUT2D eigenvalue weighted by Crippen LogP contribution is -2.47. The number of nitrogens with zero attached hydrogens (tertiary/aromatic N) is 1. The number of carbonyl (C=O) groups is 2. The summed E-state index contributed by atoms with van der Waals surface area (Å²) in [6, 6.07) is 15.1. The van der Waals surface area contributed by atoms with E-state index in [0.717, 1.165) is 11.3 Å². The summed E-state index contributed by atoms with van der Waals surface area (Å²) in [5.41, 5.74) is 3.34. The van der Waals surface area contributed by atoms with E-state index in [2.05, 4.69) is 36.5 Å². The minimum Gasteiger partial charge on any atom is -0.357 e. The molecule has 2 aromatic rings. The van der Waals surface area contributed by atoms with Gasteiger partial charge in [-0.25, -0.2) is 0 Å². The molecule has 6 heteroatoms. The first-order chi connectivity index (χ1) is 12.9. The Morgan fingerprint density at radius 2 is 1.67 bits per heavy atom. The molecule has 0 aliphatic rings. The first-order valence-corrected chi connectivity index (χ1v) is 10.3. The summed E-state index contributed by atoms with van der Waals surface area (Å²) in [5, 5.41) is 3.26. The molecule has 2 rings (SSSR count). The molecule has 0 spiro atoms. The standard InChI is InChI=1S/C21H25ClN2O2S/c1-15-4-6-18(7-5-15)13-27-14-20(25)24(16(2)21(26)23-3)12-17-8-10-19(22)11-9-17/h4-11,16H,12-14H2,1-3H3,(H,23,26)/t16-/m1/s1. The largest absolute Gasteiger partial charge is 0.357 e. The van der Waals surface area contributed by atoms with Crippen LogP contribution in [0.1, 0.15) is 23.6 Å². The number of rotatable bonds is 8. The molecular weight excluding hydrogens is 380 g/mol. The van der Waals surface area contributed by atoms with E-state index in [-0.39, 0.29) is 11.8 Å². The van der Waals surface area contributed by atoms with Crippen molar-refractivity contribution in [2.24, 2.45) is 0 Å². The minimum absolute atomic E-state index is 0.0573. The van der Waals surface area contributed by atoms with Crippen LogP contribution in [-0.2, 0) is 21.9 Å². The zero-order chi connectivity index (χ0) is 19.8. The third kappa shape index (κ3) is 6.60. The molecule has 0 radical (unpaired) electrons. The fourth-order valence-electron chi connectivity index (χ4n) is 2.60. The Balaban J connectivity index is 2.02. The second kappa shape index (κ2) is 10.4. The van der Waals surface area contributed by atoms with E-state index in [0.29, 0.717) is 17.3 Å². The van der Waals surface area contributed by atoms with E-state index in [1.165, 1.54) is 11.1 Å². The smallest absolute Gasteiger partial charge is 0.242 e. The summed E-state index contributed by atoms with van der Waals surface area (Å²) >= 11 is 7.49. The van der Waals surface area contributed by atoms with E-state index < -0.39 is 6.04 Å². The van der Waals surface area contributed by atoms with Gasteiger partial charge in [-0.15, -0.1) is 11.8 Å². The van der Waals surface area contributed by atoms with E-state index >= 15 is 0 Å². The van der Waals surface area contributed by atoms with Crippen LogP contribution in [0.15, 0.2) is 48.5 Å². The topological polar surface area (TPSA) is 49.4 Å². The molecule has 1 N–H and O–H groups in total. The summed E-state index contributed by atoms with van der Waals surface area (Å²) in [7, 11) is 1.58. The summed E-state index contributed by atoms with van der Waals surface area (Å²) in [6.07, 6.45) is 0. The minimum atomic E-state index is -0.543. The predicted octanol–water partition coefficient (Wildman–Crippen LogP) is 4.04. The Bertz CT molecular complexity index is 763. The van der Waals surface area contributed by atoms with Crippen molar-refractivity contribution in [2.45, 2.75) is 32.2 Å². The maximum absolute atomic E-state index is 12.8. The lowest BCUT2D eigenvalue weighted by atomic mass is 10.1. The fraction of sp³-hybridized carbons (Fsp3) is 0.333. The number of amides is 2. The van der Waals surface area contributed by atoms with Crippen molar-refractivity contribution in [3.63, 3.8) is 0 Å². The summed E-state index contributed by atoms with van der Waals surface area (Å²) in [6.45, 7) is 4.17. The first kappa shape index (κ1) is 21.3. The Morgan fingerprint density at radius 1 is 1.07 bits per heavy atom. The van der Waals surface area contributed by atoms with Crippen LogP contribution in [0.5, 0.6) is 0 Å². The highest BCUT2D eigenvalue weighted by molar-refractivity contribution is 7.99. The van der Waals surface area contributed by atoms with Gasteiger partial charge in [0.15, 0.2) is 0 Å². The van der Waals surface area contributed by atoms with Crippen LogP contribution in [0.3, 0.4) is 0 Å². The molecule has 2 amide bonds. The van der Waals surface area contributed by atoms with Gasteiger partial charge in [0.25, 0.3) is 0 Å². The van der Waals surface area contributed by atoms with E-state index in [9.17, 15) is 9.59 Å². The maximum atomic E-state index is 12.8. The first-order valence-electron chi connectivity index (χ1n) is 8.79. The molecule has 0 unspecified atom stereocenters. The normalized spacial score (nSPS) is 11.7. The SMILES string of the molecule is CNC(=O)[C@@H](C)N(Cc1ccc(Cl)cc1)C(=O)CSCc1ccc(C)cc1. The molecule has 4 nitrogen and oxygen atoms in total.